The van der Waals surface area contributed by atoms with Gasteiger partial charge in [-0.25, -0.2) is 55.2 Å². The number of aromatic nitrogens is 9. The van der Waals surface area contributed by atoms with Gasteiger partial charge in [-0.2, -0.15) is 44.2 Å². The molecular weight excluding hydrogens is 1510 g/mol. The van der Waals surface area contributed by atoms with Crippen LogP contribution < -0.4 is 18.9 Å². The normalized spacial score (nSPS) is 12.1. The van der Waals surface area contributed by atoms with Crippen molar-refractivity contribution in [1.29, 1.82) is 0 Å². The number of pyridine rings is 6. The van der Waals surface area contributed by atoms with Crippen molar-refractivity contribution in [3.63, 3.8) is 0 Å². The van der Waals surface area contributed by atoms with Gasteiger partial charge in [0.15, 0.2) is 5.82 Å². The third-order valence-corrected chi connectivity index (χ3v) is 19.7. The van der Waals surface area contributed by atoms with Crippen molar-refractivity contribution < 1.29 is 89.1 Å². The van der Waals surface area contributed by atoms with Crippen molar-refractivity contribution >= 4 is 133 Å². The molecule has 102 heavy (non-hydrogen) atoms. The predicted octanol–water partition coefficient (Wildman–Crippen LogP) is 14.9. The van der Waals surface area contributed by atoms with E-state index in [2.05, 4.69) is 54.0 Å². The molecule has 10 aromatic rings. The Morgan fingerprint density at radius 1 is 0.490 bits per heavy atom. The zero-order valence-corrected chi connectivity index (χ0v) is 56.8. The largest absolute Gasteiger partial charge is 0.494 e. The molecule has 0 unspecified atom stereocenters. The molecule has 7 aromatic heterocycles. The summed E-state index contributed by atoms with van der Waals surface area (Å²) in [7, 11) is -12.4. The van der Waals surface area contributed by atoms with E-state index in [1.807, 2.05) is 0 Å². The number of H-pyrrole nitrogens is 2. The first kappa shape index (κ1) is 74.3. The van der Waals surface area contributed by atoms with Crippen molar-refractivity contribution in [3.05, 3.63) is 241 Å². The Bertz CT molecular complexity index is 5670. The molecule has 0 saturated heterocycles. The fraction of sp³-hybridized carbons (Fsp3) is 0.0952. The van der Waals surface area contributed by atoms with Crippen molar-refractivity contribution in [2.75, 3.05) is 21.3 Å². The molecule has 2 aliphatic heterocycles. The number of alkyl halides is 9. The second kappa shape index (κ2) is 28.5. The molecule has 0 fully saturated rings. The molecule has 528 valence electrons. The lowest BCUT2D eigenvalue weighted by Gasteiger charge is -2.15. The van der Waals surface area contributed by atoms with E-state index in [1.54, 1.807) is 24.5 Å². The van der Waals surface area contributed by atoms with Crippen LogP contribution in [0.25, 0.3) is 33.5 Å². The van der Waals surface area contributed by atoms with E-state index in [1.165, 1.54) is 57.7 Å². The molecule has 23 nitrogen and oxygen atoms in total. The number of fused-ring (bicyclic) bond motifs is 3. The van der Waals surface area contributed by atoms with Crippen LogP contribution in [0, 0.1) is 13.8 Å². The van der Waals surface area contributed by atoms with Crippen molar-refractivity contribution in [2.45, 2.75) is 47.1 Å². The maximum absolute atomic E-state index is 13.5. The summed E-state index contributed by atoms with van der Waals surface area (Å²) in [6, 6.07) is 18.1. The number of nitrogens with zero attached hydrogens (tertiary/aromatic N) is 7. The molecule has 0 atom stereocenters. The highest BCUT2D eigenvalue weighted by molar-refractivity contribution is 7.93. The third-order valence-electron chi connectivity index (χ3n) is 14.7. The monoisotopic (exact) mass is 1550 g/mol. The summed E-state index contributed by atoms with van der Waals surface area (Å²) >= 11 is 23.4. The van der Waals surface area contributed by atoms with Crippen molar-refractivity contribution in [2.24, 2.45) is 0 Å². The Hall–Kier alpha value is -10.4. The minimum atomic E-state index is -4.89. The maximum Gasteiger partial charge on any atom is 0.417 e. The molecule has 2 aliphatic rings. The number of benzene rings is 3. The summed E-state index contributed by atoms with van der Waals surface area (Å²) in [6.07, 6.45) is -2.60. The summed E-state index contributed by atoms with van der Waals surface area (Å²) in [6.45, 7) is 2.44. The summed E-state index contributed by atoms with van der Waals surface area (Å²) in [5.41, 5.74) is -4.38. The van der Waals surface area contributed by atoms with Gasteiger partial charge in [0.2, 0.25) is 17.3 Å². The topological polar surface area (TPSA) is 333 Å². The van der Waals surface area contributed by atoms with Crippen LogP contribution in [0.1, 0.15) is 76.0 Å². The number of aromatic amines is 2. The van der Waals surface area contributed by atoms with E-state index in [-0.39, 0.29) is 94.2 Å². The number of rotatable bonds is 16. The average molecular weight is 1550 g/mol. The molecule has 3 aromatic carbocycles. The van der Waals surface area contributed by atoms with Crippen LogP contribution in [0.2, 0.25) is 20.1 Å². The quantitative estimate of drug-likeness (QED) is 0.0297. The van der Waals surface area contributed by atoms with E-state index in [9.17, 15) is 84.4 Å². The van der Waals surface area contributed by atoms with Gasteiger partial charge in [-0.15, -0.1) is 0 Å². The van der Waals surface area contributed by atoms with Crippen molar-refractivity contribution in [1.82, 2.24) is 44.6 Å². The van der Waals surface area contributed by atoms with Crippen LogP contribution in [-0.4, -0.2) is 99.5 Å². The molecule has 0 saturated carbocycles. The minimum Gasteiger partial charge on any atom is -0.494 e. The van der Waals surface area contributed by atoms with Gasteiger partial charge in [-0.3, -0.25) is 28.5 Å². The number of hydrogen-bond acceptors (Lipinski definition) is 17. The van der Waals surface area contributed by atoms with Gasteiger partial charge in [-0.1, -0.05) is 58.5 Å². The number of ketones is 3. The average Bonchev–Trinajstić information content (AvgIpc) is 1.25. The number of anilines is 3. The van der Waals surface area contributed by atoms with E-state index in [0.717, 1.165) is 79.4 Å². The van der Waals surface area contributed by atoms with Gasteiger partial charge in [0.05, 0.1) is 87.4 Å². The Morgan fingerprint density at radius 3 is 1.38 bits per heavy atom. The SMILES string of the molecule is COc1cnc2[nH]ccc2c1C(=O)c1ncc(Cl)cc1NS(=O)(=O)c1ccc(C)c(C(F)(F)F)c1.Cc1ccc(S(=O)(=O)Nc2cc(Cl)cnc2C(=O)c2ccnc3[nH]ccc23)cc1C(F)(F)F.O=C(c1ccn(O)c2nccc1-2)c1ncc(Cl)cc1NS(=O)(=O)c1ccc(Cl)c(C(F)(F)F)c1. The van der Waals surface area contributed by atoms with Crippen LogP contribution in [0.4, 0.5) is 56.6 Å². The van der Waals surface area contributed by atoms with E-state index in [4.69, 9.17) is 51.1 Å². The molecule has 0 aliphatic carbocycles. The highest BCUT2D eigenvalue weighted by Gasteiger charge is 2.38. The summed E-state index contributed by atoms with van der Waals surface area (Å²) in [4.78, 5) is 67.7. The second-order valence-corrected chi connectivity index (χ2v) is 28.1. The molecule has 0 amide bonds. The first-order chi connectivity index (χ1) is 47.8. The molecule has 0 spiro atoms. The lowest BCUT2D eigenvalue weighted by molar-refractivity contribution is -0.139. The number of nitrogens with one attached hydrogen (secondary N) is 5. The van der Waals surface area contributed by atoms with E-state index in [0.29, 0.717) is 45.0 Å². The Kier molecular flexibility index (Phi) is 20.8. The number of aryl methyl sites for hydroxylation is 2. The van der Waals surface area contributed by atoms with Crippen molar-refractivity contribution in [3.8, 4) is 17.1 Å². The molecule has 9 heterocycles. The van der Waals surface area contributed by atoms with Crippen LogP contribution in [-0.2, 0) is 48.6 Å². The maximum atomic E-state index is 13.5. The number of sulfonamides is 3. The Balaban J connectivity index is 0.000000165. The zero-order chi connectivity index (χ0) is 74.3. The highest BCUT2D eigenvalue weighted by atomic mass is 35.5. The lowest BCUT2D eigenvalue weighted by Crippen LogP contribution is -2.18. The number of methoxy groups -OCH3 is 1. The number of ether oxygens (including phenoxy) is 1. The van der Waals surface area contributed by atoms with Gasteiger partial charge >= 0.3 is 18.5 Å². The Labute approximate surface area is 589 Å². The van der Waals surface area contributed by atoms with Crippen LogP contribution in [0.5, 0.6) is 5.75 Å². The fourth-order valence-electron chi connectivity index (χ4n) is 9.88. The second-order valence-electron chi connectivity index (χ2n) is 21.3. The highest BCUT2D eigenvalue weighted by Crippen LogP contribution is 2.40. The standard InChI is InChI=1S/C22H16ClF3N4O4S.C21H14ClF3N4O3S.C20H11Cl2F3N4O4S/c1-11-3-4-13(8-15(11)22(24,25)26)35(32,33)30-16-7-12(23)9-28-19(16)20(31)18-14-5-6-27-21(14)29-10-17(18)34-2;1-11-2-3-13(9-16(11)21(23,24)25)33(31,32)29-17-8-12(22)10-28-18(17)19(30)14-4-6-26-20-15(14)5-7-27-20;21-10-7-16(28-34(32,33)11-1-2-15(22)14(8-11)20(23,24)25)17(27-9-10)18(30)12-4-6-29(31)19-13(12)3-5-26-19/h3-10,30H,1-2H3,(H,27,29);2-10,29H,1H3,(H,26,27);1-9,28,31H. The number of hydrogen-bond donors (Lipinski definition) is 6. The summed E-state index contributed by atoms with van der Waals surface area (Å²) < 4.78 is 209. The van der Waals surface area contributed by atoms with Gasteiger partial charge in [0.25, 0.3) is 30.1 Å². The van der Waals surface area contributed by atoms with E-state index < -0.39 is 102 Å². The fourth-order valence-corrected chi connectivity index (χ4v) is 13.8. The van der Waals surface area contributed by atoms with Gasteiger partial charge in [0, 0.05) is 77.0 Å². The van der Waals surface area contributed by atoms with Gasteiger partial charge in [-0.05, 0) is 116 Å². The van der Waals surface area contributed by atoms with Crippen LogP contribution in [0.15, 0.2) is 174 Å². The lowest BCUT2D eigenvalue weighted by atomic mass is 10.0. The predicted molar refractivity (Wildman–Crippen MR) is 354 cm³/mol. The molecular formula is C63H41Cl4F9N12O11S3. The number of carbonyl (C=O) groups is 3. The molecule has 12 rings (SSSR count). The first-order valence-corrected chi connectivity index (χ1v) is 34.2. The first-order valence-electron chi connectivity index (χ1n) is 28.3. The minimum absolute atomic E-state index is 0.00683. The molecule has 0 radical (unpaired) electrons. The summed E-state index contributed by atoms with van der Waals surface area (Å²) in [5.74, 6) is -1.91. The smallest absolute Gasteiger partial charge is 0.417 e. The summed E-state index contributed by atoms with van der Waals surface area (Å²) in [5, 5.41) is 10.0. The van der Waals surface area contributed by atoms with E-state index >= 15 is 0 Å². The molecule has 6 N–H and O–H groups in total. The Morgan fingerprint density at radius 2 is 0.912 bits per heavy atom. The number of carbonyl (C=O) groups excluding carboxylic acids is 3. The molecule has 39 heteroatoms. The number of halogens is 13. The van der Waals surface area contributed by atoms with Crippen LogP contribution >= 0.6 is 46.4 Å². The third kappa shape index (κ3) is 15.8. The van der Waals surface area contributed by atoms with Gasteiger partial charge in [0.1, 0.15) is 34.1 Å². The molecule has 0 bridgehead atoms. The van der Waals surface area contributed by atoms with Crippen LogP contribution in [0.3, 0.4) is 0 Å². The van der Waals surface area contributed by atoms with Gasteiger partial charge < -0.3 is 19.9 Å². The zero-order valence-electron chi connectivity index (χ0n) is 51.3.